The van der Waals surface area contributed by atoms with Crippen molar-refractivity contribution in [3.8, 4) is 0 Å². The number of nitrogens with zero attached hydrogens (tertiary/aromatic N) is 2. The SMILES string of the molecule is CC(C)CN(c1ccc(C(C)CC(=O)O)cc1NC1=NC(=O)[C@H](c2ccccc2)N1)C1CCCCC1. The van der Waals surface area contributed by atoms with E-state index in [2.05, 4.69) is 40.4 Å². The predicted molar refractivity (Wildman–Crippen MR) is 145 cm³/mol. The smallest absolute Gasteiger partial charge is 0.303 e. The van der Waals surface area contributed by atoms with Crippen LogP contribution in [0.1, 0.15) is 82.4 Å². The molecule has 4 rings (SSSR count). The first kappa shape index (κ1) is 25.7. The van der Waals surface area contributed by atoms with Gasteiger partial charge in [0.1, 0.15) is 6.04 Å². The summed E-state index contributed by atoms with van der Waals surface area (Å²) in [5.41, 5.74) is 3.74. The zero-order chi connectivity index (χ0) is 25.7. The lowest BCUT2D eigenvalue weighted by Gasteiger charge is -2.38. The monoisotopic (exact) mass is 490 g/mol. The number of anilines is 2. The molecule has 1 unspecified atom stereocenters. The first-order chi connectivity index (χ1) is 17.3. The first-order valence-corrected chi connectivity index (χ1v) is 13.1. The molecule has 2 aromatic carbocycles. The van der Waals surface area contributed by atoms with Crippen LogP contribution < -0.4 is 15.5 Å². The minimum absolute atomic E-state index is 0.0604. The zero-order valence-corrected chi connectivity index (χ0v) is 21.5. The van der Waals surface area contributed by atoms with Gasteiger partial charge in [0.2, 0.25) is 5.96 Å². The fraction of sp³-hybridized carbons (Fsp3) is 0.483. The van der Waals surface area contributed by atoms with Crippen LogP contribution in [-0.4, -0.2) is 35.5 Å². The Bertz CT molecular complexity index is 1090. The molecule has 36 heavy (non-hydrogen) atoms. The number of hydrogen-bond donors (Lipinski definition) is 3. The molecule has 2 aliphatic rings. The summed E-state index contributed by atoms with van der Waals surface area (Å²) in [7, 11) is 0. The van der Waals surface area contributed by atoms with Crippen LogP contribution in [0.25, 0.3) is 0 Å². The third-order valence-corrected chi connectivity index (χ3v) is 7.09. The minimum atomic E-state index is -0.817. The molecule has 0 radical (unpaired) electrons. The van der Waals surface area contributed by atoms with Gasteiger partial charge >= 0.3 is 5.97 Å². The van der Waals surface area contributed by atoms with E-state index in [1.807, 2.05) is 49.4 Å². The van der Waals surface area contributed by atoms with E-state index in [0.29, 0.717) is 17.9 Å². The molecule has 1 aliphatic heterocycles. The summed E-state index contributed by atoms with van der Waals surface area (Å²) in [5.74, 6) is -0.278. The van der Waals surface area contributed by atoms with Gasteiger partial charge in [-0.05, 0) is 47.9 Å². The van der Waals surface area contributed by atoms with Gasteiger partial charge in [0.05, 0.1) is 17.8 Å². The summed E-state index contributed by atoms with van der Waals surface area (Å²) in [6.07, 6.45) is 6.14. The fourth-order valence-corrected chi connectivity index (χ4v) is 5.29. The van der Waals surface area contributed by atoms with E-state index in [4.69, 9.17) is 0 Å². The van der Waals surface area contributed by atoms with Gasteiger partial charge in [-0.3, -0.25) is 9.59 Å². The lowest BCUT2D eigenvalue weighted by molar-refractivity contribution is -0.137. The lowest BCUT2D eigenvalue weighted by Crippen LogP contribution is -2.40. The number of aliphatic carboxylic acids is 1. The molecule has 0 spiro atoms. The van der Waals surface area contributed by atoms with Gasteiger partial charge in [0.25, 0.3) is 5.91 Å². The molecule has 7 heteroatoms. The number of carbonyl (C=O) groups excluding carboxylic acids is 1. The van der Waals surface area contributed by atoms with Gasteiger partial charge in [0, 0.05) is 12.6 Å². The molecule has 1 heterocycles. The van der Waals surface area contributed by atoms with Crippen molar-refractivity contribution < 1.29 is 14.7 Å². The highest BCUT2D eigenvalue weighted by Gasteiger charge is 2.30. The highest BCUT2D eigenvalue weighted by atomic mass is 16.4. The first-order valence-electron chi connectivity index (χ1n) is 13.1. The molecule has 3 N–H and O–H groups in total. The van der Waals surface area contributed by atoms with Crippen molar-refractivity contribution in [1.82, 2.24) is 5.32 Å². The van der Waals surface area contributed by atoms with Crippen molar-refractivity contribution in [2.45, 2.75) is 77.3 Å². The second kappa shape index (κ2) is 11.6. The van der Waals surface area contributed by atoms with E-state index in [-0.39, 0.29) is 18.2 Å². The van der Waals surface area contributed by atoms with Crippen molar-refractivity contribution in [2.75, 3.05) is 16.8 Å². The van der Waals surface area contributed by atoms with Gasteiger partial charge in [-0.2, -0.15) is 4.99 Å². The molecule has 1 amide bonds. The molecule has 0 bridgehead atoms. The summed E-state index contributed by atoms with van der Waals surface area (Å²) in [6, 6.07) is 15.7. The minimum Gasteiger partial charge on any atom is -0.481 e. The quantitative estimate of drug-likeness (QED) is 0.418. The summed E-state index contributed by atoms with van der Waals surface area (Å²) in [5, 5.41) is 16.0. The Balaban J connectivity index is 1.67. The molecule has 1 aliphatic carbocycles. The number of carboxylic acids is 1. The topological polar surface area (TPSA) is 94.0 Å². The molecule has 7 nitrogen and oxygen atoms in total. The van der Waals surface area contributed by atoms with Crippen LogP contribution in [0.3, 0.4) is 0 Å². The van der Waals surface area contributed by atoms with E-state index >= 15 is 0 Å². The maximum atomic E-state index is 12.7. The van der Waals surface area contributed by atoms with Crippen LogP contribution in [-0.2, 0) is 9.59 Å². The lowest BCUT2D eigenvalue weighted by atomic mass is 9.92. The number of benzene rings is 2. The van der Waals surface area contributed by atoms with Gasteiger partial charge in [-0.1, -0.05) is 76.4 Å². The molecular formula is C29H38N4O3. The van der Waals surface area contributed by atoms with Gasteiger partial charge < -0.3 is 20.6 Å². The standard InChI is InChI=1S/C29H38N4O3/c1-19(2)18-33(23-12-8-5-9-13-23)25-15-14-22(20(3)16-26(34)35)17-24(25)30-29-31-27(28(36)32-29)21-10-6-4-7-11-21/h4,6-7,10-11,14-15,17,19-20,23,27H,5,8-9,12-13,16,18H2,1-3H3,(H,34,35)(H2,30,31,32,36)/t20?,27-/m0/s1. The van der Waals surface area contributed by atoms with Crippen molar-refractivity contribution in [3.05, 3.63) is 59.7 Å². The van der Waals surface area contributed by atoms with E-state index in [1.165, 1.54) is 19.3 Å². The van der Waals surface area contributed by atoms with Crippen LogP contribution in [0.4, 0.5) is 11.4 Å². The Morgan fingerprint density at radius 2 is 1.83 bits per heavy atom. The Labute approximate surface area is 214 Å². The third-order valence-electron chi connectivity index (χ3n) is 7.09. The number of hydrogen-bond acceptors (Lipinski definition) is 5. The van der Waals surface area contributed by atoms with Gasteiger partial charge in [0.15, 0.2) is 0 Å². The third kappa shape index (κ3) is 6.25. The number of carboxylic acid groups (broad SMARTS) is 1. The average molecular weight is 491 g/mol. The van der Waals surface area contributed by atoms with Crippen LogP contribution in [0.2, 0.25) is 0 Å². The second-order valence-electron chi connectivity index (χ2n) is 10.5. The van der Waals surface area contributed by atoms with E-state index in [9.17, 15) is 14.7 Å². The van der Waals surface area contributed by atoms with Crippen LogP contribution in [0, 0.1) is 5.92 Å². The maximum absolute atomic E-state index is 12.7. The van der Waals surface area contributed by atoms with Gasteiger partial charge in [-0.15, -0.1) is 0 Å². The number of aliphatic imine (C=N–C) groups is 1. The number of rotatable bonds is 9. The fourth-order valence-electron chi connectivity index (χ4n) is 5.29. The Morgan fingerprint density at radius 3 is 2.50 bits per heavy atom. The Hall–Kier alpha value is -3.35. The van der Waals surface area contributed by atoms with Crippen LogP contribution in [0.5, 0.6) is 0 Å². The second-order valence-corrected chi connectivity index (χ2v) is 10.5. The van der Waals surface area contributed by atoms with E-state index < -0.39 is 12.0 Å². The predicted octanol–water partition coefficient (Wildman–Crippen LogP) is 5.70. The molecule has 0 saturated heterocycles. The summed E-state index contributed by atoms with van der Waals surface area (Å²) >= 11 is 0. The van der Waals surface area contributed by atoms with Crippen LogP contribution in [0.15, 0.2) is 53.5 Å². The molecular weight excluding hydrogens is 452 g/mol. The van der Waals surface area contributed by atoms with E-state index in [1.54, 1.807) is 0 Å². The number of nitrogens with one attached hydrogen (secondary N) is 2. The van der Waals surface area contributed by atoms with Crippen molar-refractivity contribution in [3.63, 3.8) is 0 Å². The largest absolute Gasteiger partial charge is 0.481 e. The number of carbonyl (C=O) groups is 2. The number of guanidine groups is 1. The maximum Gasteiger partial charge on any atom is 0.303 e. The average Bonchev–Trinajstić information content (AvgIpc) is 3.23. The molecule has 2 atom stereocenters. The van der Waals surface area contributed by atoms with Crippen molar-refractivity contribution >= 4 is 29.2 Å². The summed E-state index contributed by atoms with van der Waals surface area (Å²) in [4.78, 5) is 30.9. The highest BCUT2D eigenvalue weighted by Crippen LogP contribution is 2.36. The van der Waals surface area contributed by atoms with Crippen molar-refractivity contribution in [1.29, 1.82) is 0 Å². The molecule has 2 aromatic rings. The zero-order valence-electron chi connectivity index (χ0n) is 21.5. The molecule has 192 valence electrons. The van der Waals surface area contributed by atoms with Gasteiger partial charge in [-0.25, -0.2) is 0 Å². The molecule has 0 aromatic heterocycles. The highest BCUT2D eigenvalue weighted by molar-refractivity contribution is 6.09. The molecule has 1 saturated carbocycles. The Kier molecular flexibility index (Phi) is 8.28. The van der Waals surface area contributed by atoms with E-state index in [0.717, 1.165) is 41.9 Å². The van der Waals surface area contributed by atoms with Crippen molar-refractivity contribution in [2.24, 2.45) is 10.9 Å². The number of amides is 1. The Morgan fingerprint density at radius 1 is 1.11 bits per heavy atom. The van der Waals surface area contributed by atoms with Crippen LogP contribution >= 0.6 is 0 Å². The molecule has 1 fully saturated rings. The normalized spacial score (nSPS) is 19.1. The summed E-state index contributed by atoms with van der Waals surface area (Å²) < 4.78 is 0. The summed E-state index contributed by atoms with van der Waals surface area (Å²) in [6.45, 7) is 7.32.